The Hall–Kier alpha value is -1.39. The van der Waals surface area contributed by atoms with Crippen molar-refractivity contribution in [3.63, 3.8) is 0 Å². The number of carbonyl (C=O) groups is 1. The van der Waals surface area contributed by atoms with Crippen LogP contribution in [0.15, 0.2) is 24.3 Å². The van der Waals surface area contributed by atoms with E-state index in [-0.39, 0.29) is 17.4 Å². The number of rotatable bonds is 3. The summed E-state index contributed by atoms with van der Waals surface area (Å²) in [4.78, 5) is 11.9. The molecule has 0 radical (unpaired) electrons. The third kappa shape index (κ3) is 4.05. The molecule has 0 saturated carbocycles. The summed E-state index contributed by atoms with van der Waals surface area (Å²) in [6.07, 6.45) is -0.363. The summed E-state index contributed by atoms with van der Waals surface area (Å²) < 4.78 is 5.42. The van der Waals surface area contributed by atoms with Crippen molar-refractivity contribution in [2.24, 2.45) is 0 Å². The summed E-state index contributed by atoms with van der Waals surface area (Å²) in [5, 5.41) is 6.08. The summed E-state index contributed by atoms with van der Waals surface area (Å²) in [5.41, 5.74) is 2.56. The van der Waals surface area contributed by atoms with Crippen LogP contribution < -0.4 is 10.6 Å². The fraction of sp³-hybridized carbons (Fsp3) is 0.562. The lowest BCUT2D eigenvalue weighted by Gasteiger charge is -2.23. The van der Waals surface area contributed by atoms with Gasteiger partial charge in [-0.15, -0.1) is 0 Å². The summed E-state index contributed by atoms with van der Waals surface area (Å²) in [6.45, 7) is 9.12. The molecule has 1 aliphatic rings. The van der Waals surface area contributed by atoms with Gasteiger partial charge in [0.25, 0.3) is 5.91 Å². The van der Waals surface area contributed by atoms with Crippen molar-refractivity contribution in [1.82, 2.24) is 10.6 Å². The van der Waals surface area contributed by atoms with E-state index in [1.54, 1.807) is 0 Å². The van der Waals surface area contributed by atoms with Gasteiger partial charge in [0.15, 0.2) is 0 Å². The lowest BCUT2D eigenvalue weighted by Crippen LogP contribution is -2.47. The van der Waals surface area contributed by atoms with Gasteiger partial charge in [-0.25, -0.2) is 0 Å². The highest BCUT2D eigenvalue weighted by molar-refractivity contribution is 5.81. The van der Waals surface area contributed by atoms with Crippen molar-refractivity contribution < 1.29 is 9.53 Å². The number of hydrogen-bond acceptors (Lipinski definition) is 3. The zero-order valence-electron chi connectivity index (χ0n) is 12.5. The quantitative estimate of drug-likeness (QED) is 0.881. The van der Waals surface area contributed by atoms with Gasteiger partial charge < -0.3 is 15.4 Å². The molecule has 2 rings (SSSR count). The van der Waals surface area contributed by atoms with Crippen LogP contribution in [0.25, 0.3) is 0 Å². The Labute approximate surface area is 120 Å². The lowest BCUT2D eigenvalue weighted by atomic mass is 9.87. The monoisotopic (exact) mass is 276 g/mol. The van der Waals surface area contributed by atoms with Crippen LogP contribution >= 0.6 is 0 Å². The fourth-order valence-corrected chi connectivity index (χ4v) is 2.16. The standard InChI is InChI=1S/C16H24N2O2/c1-16(2,3)13-6-4-12(5-7-13)10-18-15(19)14-11-17-8-9-20-14/h4-7,14,17H,8-11H2,1-3H3,(H,18,19). The number of amides is 1. The number of hydrogen-bond donors (Lipinski definition) is 2. The van der Waals surface area contributed by atoms with E-state index in [2.05, 4.69) is 55.7 Å². The molecule has 110 valence electrons. The number of morpholine rings is 1. The van der Waals surface area contributed by atoms with E-state index in [1.807, 2.05) is 0 Å². The summed E-state index contributed by atoms with van der Waals surface area (Å²) in [7, 11) is 0. The van der Waals surface area contributed by atoms with E-state index in [0.717, 1.165) is 12.1 Å². The maximum absolute atomic E-state index is 11.9. The van der Waals surface area contributed by atoms with Crippen molar-refractivity contribution in [2.45, 2.75) is 38.8 Å². The third-order valence-corrected chi connectivity index (χ3v) is 3.51. The van der Waals surface area contributed by atoms with Gasteiger partial charge in [0, 0.05) is 19.6 Å². The molecule has 0 aromatic heterocycles. The Bertz CT molecular complexity index is 443. The average molecular weight is 276 g/mol. The van der Waals surface area contributed by atoms with E-state index in [9.17, 15) is 4.79 Å². The first-order valence-electron chi connectivity index (χ1n) is 7.16. The zero-order valence-corrected chi connectivity index (χ0v) is 12.5. The molecule has 1 atom stereocenters. The molecule has 1 fully saturated rings. The molecule has 4 heteroatoms. The highest BCUT2D eigenvalue weighted by Crippen LogP contribution is 2.22. The molecule has 1 heterocycles. The molecule has 0 aliphatic carbocycles. The average Bonchev–Trinajstić information content (AvgIpc) is 2.45. The predicted molar refractivity (Wildman–Crippen MR) is 79.6 cm³/mol. The number of benzene rings is 1. The fourth-order valence-electron chi connectivity index (χ4n) is 2.16. The van der Waals surface area contributed by atoms with Crippen LogP contribution in [-0.2, 0) is 21.5 Å². The number of ether oxygens (including phenoxy) is 1. The van der Waals surface area contributed by atoms with Crippen LogP contribution in [0.4, 0.5) is 0 Å². The van der Waals surface area contributed by atoms with Crippen LogP contribution in [0.5, 0.6) is 0 Å². The second-order valence-corrected chi connectivity index (χ2v) is 6.23. The van der Waals surface area contributed by atoms with Crippen molar-refractivity contribution in [3.05, 3.63) is 35.4 Å². The molecule has 1 aliphatic heterocycles. The maximum atomic E-state index is 11.9. The summed E-state index contributed by atoms with van der Waals surface area (Å²) in [5.74, 6) is -0.0444. The molecule has 0 bridgehead atoms. The third-order valence-electron chi connectivity index (χ3n) is 3.51. The minimum atomic E-state index is -0.363. The highest BCUT2D eigenvalue weighted by Gasteiger charge is 2.21. The van der Waals surface area contributed by atoms with Crippen LogP contribution in [0.3, 0.4) is 0 Å². The Morgan fingerprint density at radius 1 is 1.35 bits per heavy atom. The van der Waals surface area contributed by atoms with Crippen LogP contribution in [0, 0.1) is 0 Å². The molecule has 1 aromatic rings. The molecule has 1 saturated heterocycles. The van der Waals surface area contributed by atoms with Crippen LogP contribution in [-0.4, -0.2) is 31.7 Å². The van der Waals surface area contributed by atoms with Gasteiger partial charge in [-0.3, -0.25) is 4.79 Å². The smallest absolute Gasteiger partial charge is 0.250 e. The first-order chi connectivity index (χ1) is 9.47. The van der Waals surface area contributed by atoms with Gasteiger partial charge in [-0.05, 0) is 16.5 Å². The van der Waals surface area contributed by atoms with E-state index in [4.69, 9.17) is 4.74 Å². The molecular formula is C16H24N2O2. The molecule has 2 N–H and O–H groups in total. The summed E-state index contributed by atoms with van der Waals surface area (Å²) >= 11 is 0. The normalized spacial score (nSPS) is 19.6. The number of nitrogens with one attached hydrogen (secondary N) is 2. The second kappa shape index (κ2) is 6.37. The van der Waals surface area contributed by atoms with Gasteiger partial charge in [0.1, 0.15) is 6.10 Å². The molecule has 0 spiro atoms. The first kappa shape index (κ1) is 15.0. The van der Waals surface area contributed by atoms with Gasteiger partial charge in [-0.2, -0.15) is 0 Å². The molecule has 4 nitrogen and oxygen atoms in total. The van der Waals surface area contributed by atoms with Gasteiger partial charge in [0.05, 0.1) is 6.61 Å². The summed E-state index contributed by atoms with van der Waals surface area (Å²) in [6, 6.07) is 8.39. The topological polar surface area (TPSA) is 50.4 Å². The van der Waals surface area contributed by atoms with Crippen molar-refractivity contribution in [1.29, 1.82) is 0 Å². The molecular weight excluding hydrogens is 252 g/mol. The molecule has 1 unspecified atom stereocenters. The van der Waals surface area contributed by atoms with E-state index < -0.39 is 0 Å². The Balaban J connectivity index is 1.86. The van der Waals surface area contributed by atoms with E-state index in [1.165, 1.54) is 5.56 Å². The van der Waals surface area contributed by atoms with Gasteiger partial charge in [0.2, 0.25) is 0 Å². The molecule has 1 aromatic carbocycles. The van der Waals surface area contributed by atoms with Crippen LogP contribution in [0.1, 0.15) is 31.9 Å². The Morgan fingerprint density at radius 3 is 2.60 bits per heavy atom. The highest BCUT2D eigenvalue weighted by atomic mass is 16.5. The SMILES string of the molecule is CC(C)(C)c1ccc(CNC(=O)C2CNCCO2)cc1. The van der Waals surface area contributed by atoms with Gasteiger partial charge >= 0.3 is 0 Å². The van der Waals surface area contributed by atoms with E-state index in [0.29, 0.717) is 19.7 Å². The molecule has 20 heavy (non-hydrogen) atoms. The van der Waals surface area contributed by atoms with Gasteiger partial charge in [-0.1, -0.05) is 45.0 Å². The minimum Gasteiger partial charge on any atom is -0.366 e. The minimum absolute atomic E-state index is 0.0444. The largest absolute Gasteiger partial charge is 0.366 e. The number of carbonyl (C=O) groups excluding carboxylic acids is 1. The Kier molecular flexibility index (Phi) is 4.78. The second-order valence-electron chi connectivity index (χ2n) is 6.23. The first-order valence-corrected chi connectivity index (χ1v) is 7.16. The maximum Gasteiger partial charge on any atom is 0.250 e. The lowest BCUT2D eigenvalue weighted by molar-refractivity contribution is -0.134. The van der Waals surface area contributed by atoms with Crippen molar-refractivity contribution in [2.75, 3.05) is 19.7 Å². The molecule has 1 amide bonds. The van der Waals surface area contributed by atoms with Crippen LogP contribution in [0.2, 0.25) is 0 Å². The van der Waals surface area contributed by atoms with Crippen molar-refractivity contribution >= 4 is 5.91 Å². The van der Waals surface area contributed by atoms with E-state index >= 15 is 0 Å². The zero-order chi connectivity index (χ0) is 14.6. The van der Waals surface area contributed by atoms with Crippen molar-refractivity contribution in [3.8, 4) is 0 Å². The predicted octanol–water partition coefficient (Wildman–Crippen LogP) is 1.59. The Morgan fingerprint density at radius 2 is 2.05 bits per heavy atom.